The van der Waals surface area contributed by atoms with Crippen LogP contribution in [0, 0.1) is 0 Å². The minimum Gasteiger partial charge on any atom is -0.496 e. The van der Waals surface area contributed by atoms with E-state index in [-0.39, 0.29) is 5.91 Å². The Labute approximate surface area is 114 Å². The highest BCUT2D eigenvalue weighted by molar-refractivity contribution is 5.92. The standard InChI is InChI=1S/C16H21NO2/c1-17(14-8-4-5-9-14)16(18)12-11-13-7-3-6-10-15(13)19-2/h3,6-7,10-12,14H,4-5,8-9H2,1-2H3/b12-11+. The number of benzene rings is 1. The van der Waals surface area contributed by atoms with E-state index in [0.717, 1.165) is 24.2 Å². The number of hydrogen-bond acceptors (Lipinski definition) is 2. The molecule has 0 aromatic heterocycles. The first-order valence-corrected chi connectivity index (χ1v) is 6.80. The number of methoxy groups -OCH3 is 1. The Morgan fingerprint density at radius 1 is 1.32 bits per heavy atom. The molecule has 0 bridgehead atoms. The molecule has 0 saturated heterocycles. The van der Waals surface area contributed by atoms with Crippen molar-refractivity contribution in [2.45, 2.75) is 31.7 Å². The molecule has 1 aromatic carbocycles. The van der Waals surface area contributed by atoms with E-state index in [9.17, 15) is 4.79 Å². The van der Waals surface area contributed by atoms with Gasteiger partial charge in [-0.1, -0.05) is 31.0 Å². The molecule has 1 aromatic rings. The summed E-state index contributed by atoms with van der Waals surface area (Å²) in [6.07, 6.45) is 8.19. The Bertz CT molecular complexity index is 462. The van der Waals surface area contributed by atoms with Gasteiger partial charge in [0.25, 0.3) is 0 Å². The number of hydrogen-bond donors (Lipinski definition) is 0. The van der Waals surface area contributed by atoms with Crippen molar-refractivity contribution < 1.29 is 9.53 Å². The van der Waals surface area contributed by atoms with Crippen LogP contribution in [0.1, 0.15) is 31.2 Å². The summed E-state index contributed by atoms with van der Waals surface area (Å²) in [6, 6.07) is 8.11. The van der Waals surface area contributed by atoms with Crippen LogP contribution in [0.25, 0.3) is 6.08 Å². The second kappa shape index (κ2) is 6.41. The van der Waals surface area contributed by atoms with E-state index in [1.54, 1.807) is 13.2 Å². The third-order valence-electron chi connectivity index (χ3n) is 3.76. The number of para-hydroxylation sites is 1. The highest BCUT2D eigenvalue weighted by atomic mass is 16.5. The molecule has 0 radical (unpaired) electrons. The smallest absolute Gasteiger partial charge is 0.246 e. The van der Waals surface area contributed by atoms with Gasteiger partial charge in [-0.2, -0.15) is 0 Å². The second-order valence-electron chi connectivity index (χ2n) is 4.96. The summed E-state index contributed by atoms with van der Waals surface area (Å²) in [5, 5.41) is 0. The number of amides is 1. The van der Waals surface area contributed by atoms with Crippen molar-refractivity contribution in [1.82, 2.24) is 4.90 Å². The van der Waals surface area contributed by atoms with Gasteiger partial charge in [0.2, 0.25) is 5.91 Å². The number of carbonyl (C=O) groups excluding carboxylic acids is 1. The van der Waals surface area contributed by atoms with Gasteiger partial charge in [-0.05, 0) is 25.0 Å². The van der Waals surface area contributed by atoms with E-state index in [1.165, 1.54) is 12.8 Å². The van der Waals surface area contributed by atoms with E-state index in [4.69, 9.17) is 4.74 Å². The Kier molecular flexibility index (Phi) is 4.61. The van der Waals surface area contributed by atoms with E-state index in [1.807, 2.05) is 42.3 Å². The fourth-order valence-electron chi connectivity index (χ4n) is 2.55. The van der Waals surface area contributed by atoms with Gasteiger partial charge in [0.1, 0.15) is 5.75 Å². The molecule has 1 aliphatic rings. The van der Waals surface area contributed by atoms with Crippen LogP contribution in [-0.2, 0) is 4.79 Å². The quantitative estimate of drug-likeness (QED) is 0.778. The van der Waals surface area contributed by atoms with E-state index < -0.39 is 0 Å². The molecule has 19 heavy (non-hydrogen) atoms. The normalized spacial score (nSPS) is 15.9. The summed E-state index contributed by atoms with van der Waals surface area (Å²) in [5.41, 5.74) is 0.929. The van der Waals surface area contributed by atoms with Gasteiger partial charge in [0.05, 0.1) is 7.11 Å². The predicted octanol–water partition coefficient (Wildman–Crippen LogP) is 3.11. The average Bonchev–Trinajstić information content (AvgIpc) is 2.98. The van der Waals surface area contributed by atoms with Crippen LogP contribution in [0.3, 0.4) is 0 Å². The topological polar surface area (TPSA) is 29.5 Å². The molecule has 2 rings (SSSR count). The molecule has 1 aliphatic carbocycles. The van der Waals surface area contributed by atoms with Crippen molar-refractivity contribution in [3.63, 3.8) is 0 Å². The van der Waals surface area contributed by atoms with Crippen molar-refractivity contribution in [2.75, 3.05) is 14.2 Å². The zero-order chi connectivity index (χ0) is 13.7. The fraction of sp³-hybridized carbons (Fsp3) is 0.438. The van der Waals surface area contributed by atoms with Gasteiger partial charge < -0.3 is 9.64 Å². The molecule has 102 valence electrons. The molecule has 0 atom stereocenters. The highest BCUT2D eigenvalue weighted by Gasteiger charge is 2.21. The summed E-state index contributed by atoms with van der Waals surface area (Å²) >= 11 is 0. The first-order chi connectivity index (χ1) is 9.22. The SMILES string of the molecule is COc1ccccc1/C=C/C(=O)N(C)C1CCCC1. The minimum absolute atomic E-state index is 0.0674. The van der Waals surface area contributed by atoms with Crippen LogP contribution in [0.2, 0.25) is 0 Å². The van der Waals surface area contributed by atoms with Crippen LogP contribution in [0.5, 0.6) is 5.75 Å². The molecule has 0 N–H and O–H groups in total. The maximum Gasteiger partial charge on any atom is 0.246 e. The molecular weight excluding hydrogens is 238 g/mol. The first kappa shape index (κ1) is 13.7. The second-order valence-corrected chi connectivity index (χ2v) is 4.96. The maximum atomic E-state index is 12.1. The third kappa shape index (κ3) is 3.37. The van der Waals surface area contributed by atoms with Crippen molar-refractivity contribution in [3.8, 4) is 5.75 Å². The molecule has 1 saturated carbocycles. The molecule has 0 heterocycles. The van der Waals surface area contributed by atoms with Gasteiger partial charge in [-0.15, -0.1) is 0 Å². The lowest BCUT2D eigenvalue weighted by Gasteiger charge is -2.22. The predicted molar refractivity (Wildman–Crippen MR) is 77.1 cm³/mol. The molecule has 1 fully saturated rings. The van der Waals surface area contributed by atoms with Gasteiger partial charge in [0.15, 0.2) is 0 Å². The summed E-state index contributed by atoms with van der Waals surface area (Å²) in [6.45, 7) is 0. The van der Waals surface area contributed by atoms with Crippen LogP contribution in [-0.4, -0.2) is 31.0 Å². The number of likely N-dealkylation sites (N-methyl/N-ethyl adjacent to an activating group) is 1. The van der Waals surface area contributed by atoms with Crippen molar-refractivity contribution in [1.29, 1.82) is 0 Å². The zero-order valence-electron chi connectivity index (χ0n) is 11.6. The molecule has 0 aliphatic heterocycles. The van der Waals surface area contributed by atoms with Crippen LogP contribution in [0.15, 0.2) is 30.3 Å². The average molecular weight is 259 g/mol. The van der Waals surface area contributed by atoms with Gasteiger partial charge >= 0.3 is 0 Å². The number of nitrogens with zero attached hydrogens (tertiary/aromatic N) is 1. The van der Waals surface area contributed by atoms with Gasteiger partial charge in [-0.25, -0.2) is 0 Å². The Morgan fingerprint density at radius 2 is 2.00 bits per heavy atom. The van der Waals surface area contributed by atoms with E-state index in [2.05, 4.69) is 0 Å². The lowest BCUT2D eigenvalue weighted by atomic mass is 10.1. The highest BCUT2D eigenvalue weighted by Crippen LogP contribution is 2.23. The largest absolute Gasteiger partial charge is 0.496 e. The molecule has 3 nitrogen and oxygen atoms in total. The molecule has 3 heteroatoms. The molecule has 0 spiro atoms. The fourth-order valence-corrected chi connectivity index (χ4v) is 2.55. The van der Waals surface area contributed by atoms with Crippen LogP contribution in [0.4, 0.5) is 0 Å². The molecular formula is C16H21NO2. The summed E-state index contributed by atoms with van der Waals surface area (Å²) in [5.74, 6) is 0.855. The Morgan fingerprint density at radius 3 is 2.68 bits per heavy atom. The Hall–Kier alpha value is -1.77. The maximum absolute atomic E-state index is 12.1. The summed E-state index contributed by atoms with van der Waals surface area (Å²) < 4.78 is 5.26. The van der Waals surface area contributed by atoms with Crippen molar-refractivity contribution in [2.24, 2.45) is 0 Å². The van der Waals surface area contributed by atoms with Gasteiger partial charge in [0, 0.05) is 24.7 Å². The van der Waals surface area contributed by atoms with E-state index >= 15 is 0 Å². The summed E-state index contributed by atoms with van der Waals surface area (Å²) in [4.78, 5) is 14.0. The van der Waals surface area contributed by atoms with Crippen LogP contribution < -0.4 is 4.74 Å². The van der Waals surface area contributed by atoms with Gasteiger partial charge in [-0.3, -0.25) is 4.79 Å². The number of ether oxygens (including phenoxy) is 1. The van der Waals surface area contributed by atoms with E-state index in [0.29, 0.717) is 6.04 Å². The Balaban J connectivity index is 2.03. The lowest BCUT2D eigenvalue weighted by molar-refractivity contribution is -0.126. The summed E-state index contributed by atoms with van der Waals surface area (Å²) in [7, 11) is 3.53. The van der Waals surface area contributed by atoms with Crippen LogP contribution >= 0.6 is 0 Å². The zero-order valence-corrected chi connectivity index (χ0v) is 11.6. The first-order valence-electron chi connectivity index (χ1n) is 6.80. The molecule has 0 unspecified atom stereocenters. The van der Waals surface area contributed by atoms with Crippen molar-refractivity contribution >= 4 is 12.0 Å². The lowest BCUT2D eigenvalue weighted by Crippen LogP contribution is -2.33. The number of rotatable bonds is 4. The van der Waals surface area contributed by atoms with Crippen molar-refractivity contribution in [3.05, 3.63) is 35.9 Å². The number of carbonyl (C=O) groups is 1. The third-order valence-corrected chi connectivity index (χ3v) is 3.76. The minimum atomic E-state index is 0.0674. The monoisotopic (exact) mass is 259 g/mol. The molecule has 1 amide bonds.